The van der Waals surface area contributed by atoms with Crippen LogP contribution in [0.3, 0.4) is 0 Å². The zero-order chi connectivity index (χ0) is 14.5. The standard InChI is InChI=1S/C14H18FN3O2/c1-16-14(20)17-10-6-8-18(9-7-10)13(19)11-4-2-3-5-12(11)15/h2-5,10H,6-9H2,1H3,(H2,16,17,20). The van der Waals surface area contributed by atoms with Gasteiger partial charge in [-0.3, -0.25) is 4.79 Å². The van der Waals surface area contributed by atoms with Crippen LogP contribution >= 0.6 is 0 Å². The Morgan fingerprint density at radius 1 is 1.25 bits per heavy atom. The van der Waals surface area contributed by atoms with Gasteiger partial charge in [0.25, 0.3) is 5.91 Å². The SMILES string of the molecule is CNC(=O)NC1CCN(C(=O)c2ccccc2F)CC1. The monoisotopic (exact) mass is 279 g/mol. The van der Waals surface area contributed by atoms with Crippen LogP contribution in [-0.2, 0) is 0 Å². The number of hydrogen-bond acceptors (Lipinski definition) is 2. The number of rotatable bonds is 2. The van der Waals surface area contributed by atoms with E-state index < -0.39 is 5.82 Å². The number of urea groups is 1. The van der Waals surface area contributed by atoms with Gasteiger partial charge in [-0.05, 0) is 25.0 Å². The van der Waals surface area contributed by atoms with Crippen molar-refractivity contribution in [3.8, 4) is 0 Å². The number of carbonyl (C=O) groups excluding carboxylic acids is 2. The molecule has 2 rings (SSSR count). The van der Waals surface area contributed by atoms with Crippen LogP contribution < -0.4 is 10.6 Å². The van der Waals surface area contributed by atoms with Crippen molar-refractivity contribution in [3.63, 3.8) is 0 Å². The van der Waals surface area contributed by atoms with E-state index in [0.717, 1.165) is 0 Å². The minimum absolute atomic E-state index is 0.0552. The second-order valence-electron chi connectivity index (χ2n) is 4.77. The summed E-state index contributed by atoms with van der Waals surface area (Å²) in [5, 5.41) is 5.32. The minimum atomic E-state index is -0.497. The van der Waals surface area contributed by atoms with Crippen LogP contribution in [0.2, 0.25) is 0 Å². The van der Waals surface area contributed by atoms with Gasteiger partial charge in [0, 0.05) is 26.2 Å². The Balaban J connectivity index is 1.92. The molecule has 3 amide bonds. The lowest BCUT2D eigenvalue weighted by molar-refractivity contribution is 0.0703. The summed E-state index contributed by atoms with van der Waals surface area (Å²) in [5.41, 5.74) is 0.102. The Hall–Kier alpha value is -2.11. The zero-order valence-corrected chi connectivity index (χ0v) is 11.4. The molecule has 1 saturated heterocycles. The summed E-state index contributed by atoms with van der Waals surface area (Å²) in [6, 6.07) is 5.82. The fraction of sp³-hybridized carbons (Fsp3) is 0.429. The highest BCUT2D eigenvalue weighted by molar-refractivity contribution is 5.94. The largest absolute Gasteiger partial charge is 0.341 e. The van der Waals surface area contributed by atoms with Crippen molar-refractivity contribution in [1.82, 2.24) is 15.5 Å². The molecule has 0 radical (unpaired) electrons. The highest BCUT2D eigenvalue weighted by atomic mass is 19.1. The smallest absolute Gasteiger partial charge is 0.314 e. The maximum absolute atomic E-state index is 13.6. The molecule has 0 atom stereocenters. The first kappa shape index (κ1) is 14.3. The van der Waals surface area contributed by atoms with Crippen molar-refractivity contribution in [2.45, 2.75) is 18.9 Å². The maximum atomic E-state index is 13.6. The first-order valence-corrected chi connectivity index (χ1v) is 6.64. The molecule has 0 saturated carbocycles. The number of benzene rings is 1. The highest BCUT2D eigenvalue weighted by Crippen LogP contribution is 2.15. The van der Waals surface area contributed by atoms with E-state index in [1.165, 1.54) is 12.1 Å². The molecule has 0 spiro atoms. The molecule has 1 aliphatic heterocycles. The molecule has 0 aliphatic carbocycles. The van der Waals surface area contributed by atoms with Gasteiger partial charge in [-0.1, -0.05) is 12.1 Å². The van der Waals surface area contributed by atoms with E-state index in [1.807, 2.05) is 0 Å². The summed E-state index contributed by atoms with van der Waals surface area (Å²) in [7, 11) is 1.56. The summed E-state index contributed by atoms with van der Waals surface area (Å²) in [5.74, 6) is -0.787. The number of piperidine rings is 1. The van der Waals surface area contributed by atoms with Crippen LogP contribution in [0.1, 0.15) is 23.2 Å². The number of halogens is 1. The number of nitrogens with zero attached hydrogens (tertiary/aromatic N) is 1. The molecule has 2 N–H and O–H groups in total. The third-order valence-corrected chi connectivity index (χ3v) is 3.45. The summed E-state index contributed by atoms with van der Waals surface area (Å²) in [6.45, 7) is 1.03. The van der Waals surface area contributed by atoms with E-state index in [2.05, 4.69) is 10.6 Å². The number of carbonyl (C=O) groups is 2. The predicted octanol–water partition coefficient (Wildman–Crippen LogP) is 1.36. The molecule has 20 heavy (non-hydrogen) atoms. The second-order valence-corrected chi connectivity index (χ2v) is 4.77. The van der Waals surface area contributed by atoms with E-state index in [0.29, 0.717) is 25.9 Å². The lowest BCUT2D eigenvalue weighted by atomic mass is 10.0. The quantitative estimate of drug-likeness (QED) is 0.858. The summed E-state index contributed by atoms with van der Waals surface area (Å²) >= 11 is 0. The Labute approximate surface area is 117 Å². The van der Waals surface area contributed by atoms with Gasteiger partial charge in [0.2, 0.25) is 0 Å². The fourth-order valence-corrected chi connectivity index (χ4v) is 2.29. The van der Waals surface area contributed by atoms with Crippen molar-refractivity contribution >= 4 is 11.9 Å². The van der Waals surface area contributed by atoms with Gasteiger partial charge >= 0.3 is 6.03 Å². The normalized spacial score (nSPS) is 15.8. The summed E-state index contributed by atoms with van der Waals surface area (Å²) in [6.07, 6.45) is 1.35. The average Bonchev–Trinajstić information content (AvgIpc) is 2.47. The molecule has 1 aromatic carbocycles. The molecule has 1 aliphatic rings. The first-order chi connectivity index (χ1) is 9.61. The van der Waals surface area contributed by atoms with Gasteiger partial charge in [0.1, 0.15) is 5.82 Å². The van der Waals surface area contributed by atoms with Gasteiger partial charge in [-0.15, -0.1) is 0 Å². The predicted molar refractivity (Wildman–Crippen MR) is 72.9 cm³/mol. The fourth-order valence-electron chi connectivity index (χ4n) is 2.29. The maximum Gasteiger partial charge on any atom is 0.314 e. The Morgan fingerprint density at radius 2 is 1.90 bits per heavy atom. The Kier molecular flexibility index (Phi) is 4.55. The van der Waals surface area contributed by atoms with Crippen molar-refractivity contribution < 1.29 is 14.0 Å². The van der Waals surface area contributed by atoms with E-state index >= 15 is 0 Å². The van der Waals surface area contributed by atoms with Gasteiger partial charge in [0.15, 0.2) is 0 Å². The molecule has 0 bridgehead atoms. The van der Waals surface area contributed by atoms with E-state index in [4.69, 9.17) is 0 Å². The van der Waals surface area contributed by atoms with Crippen LogP contribution in [-0.4, -0.2) is 43.0 Å². The minimum Gasteiger partial charge on any atom is -0.341 e. The van der Waals surface area contributed by atoms with E-state index in [-0.39, 0.29) is 23.5 Å². The van der Waals surface area contributed by atoms with Crippen molar-refractivity contribution in [2.24, 2.45) is 0 Å². The zero-order valence-electron chi connectivity index (χ0n) is 11.4. The number of amides is 3. The van der Waals surface area contributed by atoms with Crippen LogP contribution in [0.4, 0.5) is 9.18 Å². The Bertz CT molecular complexity index is 499. The lowest BCUT2D eigenvalue weighted by Crippen LogP contribution is -2.48. The number of hydrogen-bond donors (Lipinski definition) is 2. The lowest BCUT2D eigenvalue weighted by Gasteiger charge is -2.32. The van der Waals surface area contributed by atoms with Gasteiger partial charge in [0.05, 0.1) is 5.56 Å². The molecule has 6 heteroatoms. The number of likely N-dealkylation sites (tertiary alicyclic amines) is 1. The average molecular weight is 279 g/mol. The van der Waals surface area contributed by atoms with E-state index in [9.17, 15) is 14.0 Å². The van der Waals surface area contributed by atoms with Crippen LogP contribution in [0.25, 0.3) is 0 Å². The molecule has 108 valence electrons. The third kappa shape index (κ3) is 3.26. The van der Waals surface area contributed by atoms with Crippen molar-refractivity contribution in [2.75, 3.05) is 20.1 Å². The molecule has 0 aromatic heterocycles. The molecule has 1 heterocycles. The van der Waals surface area contributed by atoms with Crippen LogP contribution in [0.15, 0.2) is 24.3 Å². The van der Waals surface area contributed by atoms with Crippen molar-refractivity contribution in [3.05, 3.63) is 35.6 Å². The number of nitrogens with one attached hydrogen (secondary N) is 2. The molecule has 0 unspecified atom stereocenters. The first-order valence-electron chi connectivity index (χ1n) is 6.64. The van der Waals surface area contributed by atoms with Gasteiger partial charge in [-0.25, -0.2) is 9.18 Å². The van der Waals surface area contributed by atoms with Crippen LogP contribution in [0, 0.1) is 5.82 Å². The van der Waals surface area contributed by atoms with Gasteiger partial charge in [-0.2, -0.15) is 0 Å². The van der Waals surface area contributed by atoms with Crippen LogP contribution in [0.5, 0.6) is 0 Å². The molecule has 5 nitrogen and oxygen atoms in total. The summed E-state index contributed by atoms with van der Waals surface area (Å²) in [4.78, 5) is 25.0. The Morgan fingerprint density at radius 3 is 2.50 bits per heavy atom. The van der Waals surface area contributed by atoms with Gasteiger partial charge < -0.3 is 15.5 Å². The third-order valence-electron chi connectivity index (χ3n) is 3.45. The van der Waals surface area contributed by atoms with E-state index in [1.54, 1.807) is 24.1 Å². The molecule has 1 aromatic rings. The van der Waals surface area contributed by atoms with Crippen molar-refractivity contribution in [1.29, 1.82) is 0 Å². The second kappa shape index (κ2) is 6.36. The highest BCUT2D eigenvalue weighted by Gasteiger charge is 2.25. The molecular weight excluding hydrogens is 261 g/mol. The molecular formula is C14H18FN3O2. The molecule has 1 fully saturated rings. The topological polar surface area (TPSA) is 61.4 Å². The summed E-state index contributed by atoms with van der Waals surface area (Å²) < 4.78 is 13.6.